The van der Waals surface area contributed by atoms with Crippen LogP contribution in [0.2, 0.25) is 0 Å². The van der Waals surface area contributed by atoms with Crippen molar-refractivity contribution in [3.63, 3.8) is 0 Å². The topological polar surface area (TPSA) is 72.9 Å². The Morgan fingerprint density at radius 3 is 2.50 bits per heavy atom. The van der Waals surface area contributed by atoms with Gasteiger partial charge < -0.3 is 9.47 Å². The van der Waals surface area contributed by atoms with Crippen LogP contribution in [-0.4, -0.2) is 49.6 Å². The fourth-order valence-electron chi connectivity index (χ4n) is 1.35. The molecule has 1 heterocycles. The van der Waals surface area contributed by atoms with Gasteiger partial charge in [0.1, 0.15) is 6.04 Å². The van der Waals surface area contributed by atoms with E-state index in [9.17, 15) is 14.4 Å². The van der Waals surface area contributed by atoms with Crippen LogP contribution in [-0.2, 0) is 19.1 Å². The Hall–Kier alpha value is -1.59. The molecule has 6 heteroatoms. The summed E-state index contributed by atoms with van der Waals surface area (Å²) in [5.41, 5.74) is 0. The fourth-order valence-corrected chi connectivity index (χ4v) is 1.35. The van der Waals surface area contributed by atoms with Crippen LogP contribution in [0.3, 0.4) is 0 Å². The number of amides is 1. The molecule has 1 fully saturated rings. The summed E-state index contributed by atoms with van der Waals surface area (Å²) in [6.07, 6.45) is -0.687. The van der Waals surface area contributed by atoms with Crippen molar-refractivity contribution in [2.45, 2.75) is 12.5 Å². The zero-order valence-electron chi connectivity index (χ0n) is 7.98. The molecule has 14 heavy (non-hydrogen) atoms. The number of hydrogen-bond acceptors (Lipinski definition) is 5. The molecule has 0 aromatic carbocycles. The third kappa shape index (κ3) is 1.84. The van der Waals surface area contributed by atoms with Gasteiger partial charge in [0.25, 0.3) is 0 Å². The third-order valence-corrected chi connectivity index (χ3v) is 2.03. The molecule has 1 aliphatic rings. The first-order chi connectivity index (χ1) is 6.60. The first-order valence-corrected chi connectivity index (χ1v) is 4.04. The number of carbonyl (C=O) groups is 3. The molecule has 0 aromatic heterocycles. The molecule has 1 atom stereocenters. The summed E-state index contributed by atoms with van der Waals surface area (Å²) in [5, 5.41) is 0. The Morgan fingerprint density at radius 2 is 2.00 bits per heavy atom. The number of methoxy groups -OCH3 is 2. The normalized spacial score (nSPS) is 20.9. The van der Waals surface area contributed by atoms with Crippen LogP contribution >= 0.6 is 0 Å². The molecule has 1 rings (SSSR count). The van der Waals surface area contributed by atoms with E-state index >= 15 is 0 Å². The van der Waals surface area contributed by atoms with Gasteiger partial charge in [-0.3, -0.25) is 9.69 Å². The molecule has 0 saturated carbocycles. The summed E-state index contributed by atoms with van der Waals surface area (Å²) in [5.74, 6) is -0.771. The zero-order chi connectivity index (χ0) is 10.7. The van der Waals surface area contributed by atoms with Crippen LogP contribution in [0.5, 0.6) is 0 Å². The van der Waals surface area contributed by atoms with Crippen LogP contribution in [0, 0.1) is 0 Å². The summed E-state index contributed by atoms with van der Waals surface area (Å²) >= 11 is 0. The van der Waals surface area contributed by atoms with Crippen molar-refractivity contribution in [3.05, 3.63) is 0 Å². The lowest BCUT2D eigenvalue weighted by Gasteiger charge is -2.19. The molecule has 0 aromatic rings. The molecule has 0 bridgehead atoms. The van der Waals surface area contributed by atoms with Gasteiger partial charge in [-0.05, 0) is 0 Å². The molecular weight excluding hydrogens is 190 g/mol. The van der Waals surface area contributed by atoms with Crippen LogP contribution in [0.15, 0.2) is 0 Å². The Balaban J connectivity index is 2.77. The van der Waals surface area contributed by atoms with Crippen molar-refractivity contribution in [3.8, 4) is 0 Å². The summed E-state index contributed by atoms with van der Waals surface area (Å²) in [6.45, 7) is -0.0908. The van der Waals surface area contributed by atoms with Crippen LogP contribution < -0.4 is 0 Å². The van der Waals surface area contributed by atoms with Gasteiger partial charge in [0.15, 0.2) is 5.78 Å². The van der Waals surface area contributed by atoms with E-state index in [1.165, 1.54) is 14.2 Å². The predicted molar refractivity (Wildman–Crippen MR) is 44.5 cm³/mol. The number of hydrogen-bond donors (Lipinski definition) is 0. The molecule has 6 nitrogen and oxygen atoms in total. The second-order valence-electron chi connectivity index (χ2n) is 2.88. The van der Waals surface area contributed by atoms with Crippen molar-refractivity contribution in [1.29, 1.82) is 0 Å². The van der Waals surface area contributed by atoms with Gasteiger partial charge in [-0.25, -0.2) is 9.59 Å². The van der Waals surface area contributed by atoms with Gasteiger partial charge in [-0.2, -0.15) is 0 Å². The number of ether oxygens (including phenoxy) is 2. The van der Waals surface area contributed by atoms with Gasteiger partial charge in [-0.15, -0.1) is 0 Å². The maximum atomic E-state index is 11.2. The number of Topliss-reactive ketones (excluding diaryl/α,β-unsaturated/α-hetero) is 1. The lowest BCUT2D eigenvalue weighted by atomic mass is 10.2. The molecule has 0 spiro atoms. The average Bonchev–Trinajstić information content (AvgIpc) is 2.58. The van der Waals surface area contributed by atoms with Gasteiger partial charge in [-0.1, -0.05) is 0 Å². The predicted octanol–water partition coefficient (Wildman–Crippen LogP) is -0.431. The van der Waals surface area contributed by atoms with E-state index in [2.05, 4.69) is 9.47 Å². The monoisotopic (exact) mass is 201 g/mol. The van der Waals surface area contributed by atoms with E-state index in [4.69, 9.17) is 0 Å². The minimum absolute atomic E-state index is 0.00176. The van der Waals surface area contributed by atoms with Crippen molar-refractivity contribution in [2.24, 2.45) is 0 Å². The van der Waals surface area contributed by atoms with Gasteiger partial charge >= 0.3 is 12.1 Å². The Labute approximate surface area is 80.8 Å². The van der Waals surface area contributed by atoms with Gasteiger partial charge in [0.2, 0.25) is 0 Å². The maximum absolute atomic E-state index is 11.2. The smallest absolute Gasteiger partial charge is 0.410 e. The number of carbonyl (C=O) groups excluding carboxylic acids is 3. The summed E-state index contributed by atoms with van der Waals surface area (Å²) in [6, 6.07) is -0.833. The first-order valence-electron chi connectivity index (χ1n) is 4.04. The second kappa shape index (κ2) is 4.08. The molecule has 1 saturated heterocycles. The van der Waals surface area contributed by atoms with Crippen LogP contribution in [0.1, 0.15) is 6.42 Å². The Kier molecular flexibility index (Phi) is 3.06. The lowest BCUT2D eigenvalue weighted by molar-refractivity contribution is -0.145. The Morgan fingerprint density at radius 1 is 1.36 bits per heavy atom. The zero-order valence-corrected chi connectivity index (χ0v) is 7.98. The van der Waals surface area contributed by atoms with Crippen LogP contribution in [0.4, 0.5) is 4.79 Å². The summed E-state index contributed by atoms with van der Waals surface area (Å²) < 4.78 is 8.90. The maximum Gasteiger partial charge on any atom is 0.410 e. The van der Waals surface area contributed by atoms with Gasteiger partial charge in [0, 0.05) is 6.42 Å². The number of nitrogens with zero attached hydrogens (tertiary/aromatic N) is 1. The highest BCUT2D eigenvalue weighted by Crippen LogP contribution is 2.16. The van der Waals surface area contributed by atoms with E-state index in [0.717, 1.165) is 4.90 Å². The lowest BCUT2D eigenvalue weighted by Crippen LogP contribution is -2.41. The number of esters is 1. The molecular formula is C8H11NO5. The molecule has 0 aliphatic carbocycles. The van der Waals surface area contributed by atoms with Gasteiger partial charge in [0.05, 0.1) is 20.8 Å². The standard InChI is InChI=1S/C8H11NO5/c1-13-7(11)6-3-5(10)4-9(6)8(12)14-2/h6H,3-4H2,1-2H3. The highest BCUT2D eigenvalue weighted by molar-refractivity contribution is 5.95. The van der Waals surface area contributed by atoms with Crippen molar-refractivity contribution in [1.82, 2.24) is 4.90 Å². The highest BCUT2D eigenvalue weighted by atomic mass is 16.5. The minimum Gasteiger partial charge on any atom is -0.467 e. The SMILES string of the molecule is COC(=O)C1CC(=O)CN1C(=O)OC. The quantitative estimate of drug-likeness (QED) is 0.538. The molecule has 1 amide bonds. The highest BCUT2D eigenvalue weighted by Gasteiger charge is 2.40. The third-order valence-electron chi connectivity index (χ3n) is 2.03. The van der Waals surface area contributed by atoms with Crippen LogP contribution in [0.25, 0.3) is 0 Å². The van der Waals surface area contributed by atoms with E-state index in [1.807, 2.05) is 0 Å². The number of rotatable bonds is 1. The average molecular weight is 201 g/mol. The van der Waals surface area contributed by atoms with E-state index in [0.29, 0.717) is 0 Å². The number of likely N-dealkylation sites (tertiary alicyclic amines) is 1. The molecule has 0 N–H and O–H groups in total. The summed E-state index contributed by atoms with van der Waals surface area (Å²) in [7, 11) is 2.40. The minimum atomic E-state index is -0.833. The summed E-state index contributed by atoms with van der Waals surface area (Å²) in [4.78, 5) is 34.4. The van der Waals surface area contributed by atoms with E-state index in [-0.39, 0.29) is 18.7 Å². The van der Waals surface area contributed by atoms with E-state index in [1.54, 1.807) is 0 Å². The first kappa shape index (κ1) is 10.5. The molecule has 78 valence electrons. The van der Waals surface area contributed by atoms with Crippen molar-refractivity contribution < 1.29 is 23.9 Å². The molecule has 1 unspecified atom stereocenters. The molecule has 1 aliphatic heterocycles. The Bertz CT molecular complexity index is 249. The molecule has 0 radical (unpaired) electrons. The van der Waals surface area contributed by atoms with E-state index < -0.39 is 18.1 Å². The largest absolute Gasteiger partial charge is 0.467 e. The second-order valence-corrected chi connectivity index (χ2v) is 2.88. The van der Waals surface area contributed by atoms with Crippen molar-refractivity contribution >= 4 is 17.8 Å². The van der Waals surface area contributed by atoms with Crippen molar-refractivity contribution in [2.75, 3.05) is 20.8 Å². The number of ketones is 1. The fraction of sp³-hybridized carbons (Fsp3) is 0.625.